The Morgan fingerprint density at radius 2 is 2.29 bits per heavy atom. The maximum atomic E-state index is 11.5. The van der Waals surface area contributed by atoms with Gasteiger partial charge in [0.05, 0.1) is 0 Å². The average Bonchev–Trinajstić information content (AvgIpc) is 2.10. The van der Waals surface area contributed by atoms with E-state index < -0.39 is 0 Å². The van der Waals surface area contributed by atoms with E-state index in [0.717, 1.165) is 12.0 Å². The Morgan fingerprint density at radius 3 is 2.79 bits per heavy atom. The number of aromatic amines is 1. The lowest BCUT2D eigenvalue weighted by atomic mass is 10.1. The maximum Gasteiger partial charge on any atom is 0.254 e. The molecule has 14 heavy (non-hydrogen) atoms. The molecule has 4 heteroatoms. The first kappa shape index (κ1) is 10.9. The van der Waals surface area contributed by atoms with Gasteiger partial charge in [0.25, 0.3) is 5.56 Å². The van der Waals surface area contributed by atoms with E-state index in [9.17, 15) is 4.79 Å². The third-order valence-corrected chi connectivity index (χ3v) is 1.93. The predicted molar refractivity (Wildman–Crippen MR) is 56.2 cm³/mol. The third kappa shape index (κ3) is 2.96. The zero-order valence-corrected chi connectivity index (χ0v) is 8.71. The van der Waals surface area contributed by atoms with Gasteiger partial charge in [-0.15, -0.1) is 0 Å². The van der Waals surface area contributed by atoms with E-state index in [4.69, 9.17) is 5.73 Å². The molecule has 0 amide bonds. The lowest BCUT2D eigenvalue weighted by molar-refractivity contribution is 0.637. The molecule has 0 unspecified atom stereocenters. The van der Waals surface area contributed by atoms with Crippen LogP contribution in [0.25, 0.3) is 0 Å². The molecule has 0 radical (unpaired) electrons. The molecule has 0 fully saturated rings. The van der Waals surface area contributed by atoms with Crippen LogP contribution in [0.3, 0.4) is 0 Å². The molecule has 0 spiro atoms. The molecule has 0 bridgehead atoms. The van der Waals surface area contributed by atoms with Crippen LogP contribution >= 0.6 is 0 Å². The third-order valence-electron chi connectivity index (χ3n) is 1.93. The molecule has 1 aromatic heterocycles. The van der Waals surface area contributed by atoms with Crippen LogP contribution in [0.5, 0.6) is 0 Å². The number of rotatable bonds is 4. The van der Waals surface area contributed by atoms with Gasteiger partial charge < -0.3 is 10.7 Å². The van der Waals surface area contributed by atoms with Crippen molar-refractivity contribution in [2.24, 2.45) is 11.7 Å². The highest BCUT2D eigenvalue weighted by Crippen LogP contribution is 2.01. The fraction of sp³-hybridized carbons (Fsp3) is 0.600. The molecule has 0 atom stereocenters. The molecule has 0 saturated heterocycles. The normalized spacial score (nSPS) is 10.9. The fourth-order valence-corrected chi connectivity index (χ4v) is 1.31. The zero-order valence-electron chi connectivity index (χ0n) is 8.71. The number of hydrogen-bond donors (Lipinski definition) is 2. The number of nitrogens with one attached hydrogen (secondary N) is 1. The van der Waals surface area contributed by atoms with Gasteiger partial charge in [0, 0.05) is 18.2 Å². The van der Waals surface area contributed by atoms with Crippen LogP contribution in [0.4, 0.5) is 0 Å². The van der Waals surface area contributed by atoms with Crippen molar-refractivity contribution >= 4 is 0 Å². The molecule has 0 saturated carbocycles. The van der Waals surface area contributed by atoms with Crippen molar-refractivity contribution in [2.45, 2.75) is 26.7 Å². The second kappa shape index (κ2) is 4.91. The van der Waals surface area contributed by atoms with Gasteiger partial charge in [-0.25, -0.2) is 4.98 Å². The Labute approximate surface area is 83.6 Å². The largest absolute Gasteiger partial charge is 0.330 e. The van der Waals surface area contributed by atoms with Crippen molar-refractivity contribution in [2.75, 3.05) is 6.54 Å². The molecule has 0 aliphatic rings. The van der Waals surface area contributed by atoms with Crippen molar-refractivity contribution < 1.29 is 0 Å². The number of H-pyrrole nitrogens is 1. The summed E-state index contributed by atoms with van der Waals surface area (Å²) in [5.74, 6) is 1.14. The molecule has 78 valence electrons. The summed E-state index contributed by atoms with van der Waals surface area (Å²) in [7, 11) is 0. The van der Waals surface area contributed by atoms with Crippen LogP contribution in [0.1, 0.15) is 25.2 Å². The van der Waals surface area contributed by atoms with Gasteiger partial charge in [0.2, 0.25) is 0 Å². The van der Waals surface area contributed by atoms with E-state index >= 15 is 0 Å². The second-order valence-electron chi connectivity index (χ2n) is 3.82. The minimum absolute atomic E-state index is 0.0304. The Hall–Kier alpha value is -1.16. The molecule has 0 aliphatic carbocycles. The Balaban J connectivity index is 2.85. The molecule has 4 nitrogen and oxygen atoms in total. The first-order chi connectivity index (χ1) is 6.63. The van der Waals surface area contributed by atoms with Gasteiger partial charge in [-0.05, 0) is 18.9 Å². The number of nitrogens with two attached hydrogens (primary N) is 1. The summed E-state index contributed by atoms with van der Waals surface area (Å²) >= 11 is 0. The van der Waals surface area contributed by atoms with E-state index in [-0.39, 0.29) is 5.56 Å². The van der Waals surface area contributed by atoms with E-state index in [1.165, 1.54) is 0 Å². The summed E-state index contributed by atoms with van der Waals surface area (Å²) in [5.41, 5.74) is 6.09. The van der Waals surface area contributed by atoms with Crippen LogP contribution in [0.2, 0.25) is 0 Å². The number of nitrogens with zero attached hydrogens (tertiary/aromatic N) is 1. The quantitative estimate of drug-likeness (QED) is 0.733. The number of hydrogen-bond acceptors (Lipinski definition) is 3. The topological polar surface area (TPSA) is 71.8 Å². The van der Waals surface area contributed by atoms with Crippen LogP contribution in [0.15, 0.2) is 11.0 Å². The van der Waals surface area contributed by atoms with E-state index in [2.05, 4.69) is 23.8 Å². The summed E-state index contributed by atoms with van der Waals surface area (Å²) in [6.07, 6.45) is 3.05. The summed E-state index contributed by atoms with van der Waals surface area (Å²) in [4.78, 5) is 18.4. The standard InChI is InChI=1S/C10H17N3O/c1-7(2)5-8-6-12-9(3-4-11)13-10(8)14/h6-7H,3-5,11H2,1-2H3,(H,12,13,14). The van der Waals surface area contributed by atoms with Gasteiger partial charge in [0.15, 0.2) is 0 Å². The van der Waals surface area contributed by atoms with Crippen molar-refractivity contribution in [3.63, 3.8) is 0 Å². The highest BCUT2D eigenvalue weighted by Gasteiger charge is 2.04. The van der Waals surface area contributed by atoms with Gasteiger partial charge in [-0.1, -0.05) is 13.8 Å². The van der Waals surface area contributed by atoms with Crippen molar-refractivity contribution in [1.82, 2.24) is 9.97 Å². The van der Waals surface area contributed by atoms with Crippen molar-refractivity contribution in [3.8, 4) is 0 Å². The first-order valence-corrected chi connectivity index (χ1v) is 4.90. The number of aromatic nitrogens is 2. The summed E-state index contributed by atoms with van der Waals surface area (Å²) in [6, 6.07) is 0. The van der Waals surface area contributed by atoms with Gasteiger partial charge in [0.1, 0.15) is 5.82 Å². The predicted octanol–water partition coefficient (Wildman–Crippen LogP) is 0.470. The summed E-state index contributed by atoms with van der Waals surface area (Å²) in [6.45, 7) is 4.66. The van der Waals surface area contributed by atoms with Crippen LogP contribution in [0, 0.1) is 5.92 Å². The molecule has 1 heterocycles. The minimum Gasteiger partial charge on any atom is -0.330 e. The highest BCUT2D eigenvalue weighted by atomic mass is 16.1. The zero-order chi connectivity index (χ0) is 10.6. The molecule has 0 aliphatic heterocycles. The van der Waals surface area contributed by atoms with Gasteiger partial charge in [-0.3, -0.25) is 4.79 Å². The lowest BCUT2D eigenvalue weighted by Crippen LogP contribution is -2.19. The highest BCUT2D eigenvalue weighted by molar-refractivity contribution is 5.06. The van der Waals surface area contributed by atoms with Gasteiger partial charge >= 0.3 is 0 Å². The molecular formula is C10H17N3O. The monoisotopic (exact) mass is 195 g/mol. The van der Waals surface area contributed by atoms with Crippen LogP contribution in [-0.4, -0.2) is 16.5 Å². The minimum atomic E-state index is -0.0304. The van der Waals surface area contributed by atoms with Crippen LogP contribution in [-0.2, 0) is 12.8 Å². The smallest absolute Gasteiger partial charge is 0.254 e. The molecule has 1 rings (SSSR count). The molecule has 1 aromatic rings. The second-order valence-corrected chi connectivity index (χ2v) is 3.82. The van der Waals surface area contributed by atoms with Crippen molar-refractivity contribution in [3.05, 3.63) is 27.9 Å². The molecule has 3 N–H and O–H groups in total. The van der Waals surface area contributed by atoms with E-state index in [1.807, 2.05) is 0 Å². The summed E-state index contributed by atoms with van der Waals surface area (Å²) < 4.78 is 0. The summed E-state index contributed by atoms with van der Waals surface area (Å²) in [5, 5.41) is 0. The van der Waals surface area contributed by atoms with E-state index in [0.29, 0.717) is 24.7 Å². The average molecular weight is 195 g/mol. The van der Waals surface area contributed by atoms with Crippen LogP contribution < -0.4 is 11.3 Å². The molecule has 0 aromatic carbocycles. The molecular weight excluding hydrogens is 178 g/mol. The first-order valence-electron chi connectivity index (χ1n) is 4.90. The maximum absolute atomic E-state index is 11.5. The Morgan fingerprint density at radius 1 is 1.57 bits per heavy atom. The Bertz CT molecular complexity index is 343. The lowest BCUT2D eigenvalue weighted by Gasteiger charge is -2.04. The van der Waals surface area contributed by atoms with Gasteiger partial charge in [-0.2, -0.15) is 0 Å². The van der Waals surface area contributed by atoms with E-state index in [1.54, 1.807) is 6.20 Å². The fourth-order valence-electron chi connectivity index (χ4n) is 1.31. The Kier molecular flexibility index (Phi) is 3.83. The van der Waals surface area contributed by atoms with Crippen molar-refractivity contribution in [1.29, 1.82) is 0 Å². The SMILES string of the molecule is CC(C)Cc1cnc(CCN)[nH]c1=O.